The lowest BCUT2D eigenvalue weighted by Crippen LogP contribution is -2.44. The Bertz CT molecular complexity index is 405. The van der Waals surface area contributed by atoms with Crippen molar-refractivity contribution in [2.45, 2.75) is 6.04 Å². The van der Waals surface area contributed by atoms with E-state index in [4.69, 9.17) is 10.5 Å². The molecule has 4 nitrogen and oxygen atoms in total. The summed E-state index contributed by atoms with van der Waals surface area (Å²) in [7, 11) is 0. The number of benzene rings is 1. The Hall–Kier alpha value is -1.46. The van der Waals surface area contributed by atoms with Crippen LogP contribution in [0.4, 0.5) is 4.39 Å². The van der Waals surface area contributed by atoms with Gasteiger partial charge in [0.15, 0.2) is 0 Å². The van der Waals surface area contributed by atoms with Crippen LogP contribution < -0.4 is 5.73 Å². The molecular weight excluding hydrogens is 223 g/mol. The average molecular weight is 238 g/mol. The molecule has 0 aliphatic carbocycles. The lowest BCUT2D eigenvalue weighted by molar-refractivity contribution is -0.125. The van der Waals surface area contributed by atoms with Crippen molar-refractivity contribution in [2.24, 2.45) is 5.73 Å². The summed E-state index contributed by atoms with van der Waals surface area (Å²) >= 11 is 0. The molecule has 0 bridgehead atoms. The number of morpholine rings is 1. The Balaban J connectivity index is 2.25. The summed E-state index contributed by atoms with van der Waals surface area (Å²) in [5.74, 6) is -0.820. The summed E-state index contributed by atoms with van der Waals surface area (Å²) < 4.78 is 18.4. The zero-order valence-electron chi connectivity index (χ0n) is 9.43. The van der Waals surface area contributed by atoms with Crippen molar-refractivity contribution in [3.05, 3.63) is 35.6 Å². The number of ether oxygens (including phenoxy) is 1. The number of amides is 1. The first-order valence-electron chi connectivity index (χ1n) is 5.55. The Morgan fingerprint density at radius 3 is 2.71 bits per heavy atom. The van der Waals surface area contributed by atoms with Crippen LogP contribution in [0.25, 0.3) is 0 Å². The van der Waals surface area contributed by atoms with Crippen molar-refractivity contribution in [3.63, 3.8) is 0 Å². The normalized spacial score (nSPS) is 18.9. The molecule has 0 saturated carbocycles. The minimum Gasteiger partial charge on any atom is -0.379 e. The van der Waals surface area contributed by atoms with E-state index in [0.717, 1.165) is 0 Å². The number of primary amides is 1. The van der Waals surface area contributed by atoms with E-state index >= 15 is 0 Å². The lowest BCUT2D eigenvalue weighted by atomic mass is 10.0. The predicted molar refractivity (Wildman–Crippen MR) is 60.7 cm³/mol. The van der Waals surface area contributed by atoms with Crippen LogP contribution in [0, 0.1) is 5.82 Å². The van der Waals surface area contributed by atoms with Gasteiger partial charge in [0, 0.05) is 13.1 Å². The molecule has 1 saturated heterocycles. The van der Waals surface area contributed by atoms with Gasteiger partial charge >= 0.3 is 0 Å². The molecule has 0 radical (unpaired) electrons. The number of carbonyl (C=O) groups is 1. The van der Waals surface area contributed by atoms with Gasteiger partial charge in [-0.05, 0) is 17.7 Å². The number of nitrogens with zero attached hydrogens (tertiary/aromatic N) is 1. The van der Waals surface area contributed by atoms with E-state index in [1.807, 2.05) is 4.90 Å². The van der Waals surface area contributed by atoms with Gasteiger partial charge in [0.05, 0.1) is 13.2 Å². The van der Waals surface area contributed by atoms with Gasteiger partial charge in [0.2, 0.25) is 5.91 Å². The maximum atomic E-state index is 13.2. The van der Waals surface area contributed by atoms with Crippen LogP contribution in [-0.4, -0.2) is 37.1 Å². The lowest BCUT2D eigenvalue weighted by Gasteiger charge is -2.32. The highest BCUT2D eigenvalue weighted by Gasteiger charge is 2.27. The SMILES string of the molecule is NC(=O)C(c1cccc(F)c1)N1CCOCC1. The molecule has 1 aliphatic rings. The molecule has 17 heavy (non-hydrogen) atoms. The van der Waals surface area contributed by atoms with Crippen molar-refractivity contribution in [2.75, 3.05) is 26.3 Å². The maximum absolute atomic E-state index is 13.2. The average Bonchev–Trinajstić information content (AvgIpc) is 2.30. The second-order valence-corrected chi connectivity index (χ2v) is 4.01. The summed E-state index contributed by atoms with van der Waals surface area (Å²) in [6.07, 6.45) is 0. The van der Waals surface area contributed by atoms with Crippen molar-refractivity contribution in [1.29, 1.82) is 0 Å². The molecule has 2 rings (SSSR count). The maximum Gasteiger partial charge on any atom is 0.239 e. The Morgan fingerprint density at radius 1 is 1.41 bits per heavy atom. The van der Waals surface area contributed by atoms with Crippen LogP contribution in [0.3, 0.4) is 0 Å². The van der Waals surface area contributed by atoms with Gasteiger partial charge < -0.3 is 10.5 Å². The molecule has 5 heteroatoms. The number of rotatable bonds is 3. The second-order valence-electron chi connectivity index (χ2n) is 4.01. The van der Waals surface area contributed by atoms with Gasteiger partial charge in [0.25, 0.3) is 0 Å². The van der Waals surface area contributed by atoms with E-state index in [2.05, 4.69) is 0 Å². The number of hydrogen-bond acceptors (Lipinski definition) is 3. The quantitative estimate of drug-likeness (QED) is 0.842. The van der Waals surface area contributed by atoms with Crippen LogP contribution in [0.2, 0.25) is 0 Å². The Kier molecular flexibility index (Phi) is 3.71. The van der Waals surface area contributed by atoms with E-state index in [0.29, 0.717) is 31.9 Å². The largest absolute Gasteiger partial charge is 0.379 e. The molecule has 1 aromatic carbocycles. The smallest absolute Gasteiger partial charge is 0.239 e. The van der Waals surface area contributed by atoms with Crippen LogP contribution in [0.1, 0.15) is 11.6 Å². The number of hydrogen-bond donors (Lipinski definition) is 1. The van der Waals surface area contributed by atoms with Crippen LogP contribution in [0.5, 0.6) is 0 Å². The first-order valence-corrected chi connectivity index (χ1v) is 5.55. The third-order valence-electron chi connectivity index (χ3n) is 2.84. The van der Waals surface area contributed by atoms with Gasteiger partial charge in [-0.25, -0.2) is 4.39 Å². The molecule has 1 atom stereocenters. The van der Waals surface area contributed by atoms with Crippen LogP contribution >= 0.6 is 0 Å². The van der Waals surface area contributed by atoms with E-state index in [1.165, 1.54) is 12.1 Å². The van der Waals surface area contributed by atoms with Gasteiger partial charge in [0.1, 0.15) is 11.9 Å². The van der Waals surface area contributed by atoms with Crippen molar-refractivity contribution < 1.29 is 13.9 Å². The van der Waals surface area contributed by atoms with Crippen LogP contribution in [-0.2, 0) is 9.53 Å². The fourth-order valence-electron chi connectivity index (χ4n) is 2.07. The summed E-state index contributed by atoms with van der Waals surface area (Å²) in [5.41, 5.74) is 6.00. The zero-order valence-corrected chi connectivity index (χ0v) is 9.43. The summed E-state index contributed by atoms with van der Waals surface area (Å²) in [4.78, 5) is 13.4. The van der Waals surface area contributed by atoms with E-state index in [9.17, 15) is 9.18 Å². The molecule has 1 aliphatic heterocycles. The molecule has 1 heterocycles. The minimum atomic E-state index is -0.574. The molecular formula is C12H15FN2O2. The summed E-state index contributed by atoms with van der Waals surface area (Å²) in [5, 5.41) is 0. The first kappa shape index (κ1) is 12.0. The molecule has 1 aromatic rings. The van der Waals surface area contributed by atoms with Gasteiger partial charge in [-0.2, -0.15) is 0 Å². The van der Waals surface area contributed by atoms with Crippen molar-refractivity contribution in [3.8, 4) is 0 Å². The molecule has 1 amide bonds. The first-order chi connectivity index (χ1) is 8.18. The highest BCUT2D eigenvalue weighted by Crippen LogP contribution is 2.22. The third-order valence-corrected chi connectivity index (χ3v) is 2.84. The molecule has 92 valence electrons. The fourth-order valence-corrected chi connectivity index (χ4v) is 2.07. The Morgan fingerprint density at radius 2 is 2.12 bits per heavy atom. The molecule has 2 N–H and O–H groups in total. The van der Waals surface area contributed by atoms with E-state index in [-0.39, 0.29) is 5.82 Å². The monoisotopic (exact) mass is 238 g/mol. The van der Waals surface area contributed by atoms with Crippen LogP contribution in [0.15, 0.2) is 24.3 Å². The molecule has 0 aromatic heterocycles. The number of halogens is 1. The number of carbonyl (C=O) groups excluding carboxylic acids is 1. The fraction of sp³-hybridized carbons (Fsp3) is 0.417. The Labute approximate surface area is 99.2 Å². The topological polar surface area (TPSA) is 55.6 Å². The zero-order chi connectivity index (χ0) is 12.3. The summed E-state index contributed by atoms with van der Waals surface area (Å²) in [6, 6.07) is 5.43. The van der Waals surface area contributed by atoms with Gasteiger partial charge in [-0.1, -0.05) is 12.1 Å². The highest BCUT2D eigenvalue weighted by molar-refractivity contribution is 5.81. The minimum absolute atomic E-state index is 0.359. The predicted octanol–water partition coefficient (Wildman–Crippen LogP) is 0.684. The molecule has 1 fully saturated rings. The third kappa shape index (κ3) is 2.81. The second kappa shape index (κ2) is 5.25. The van der Waals surface area contributed by atoms with Gasteiger partial charge in [-0.3, -0.25) is 9.69 Å². The van der Waals surface area contributed by atoms with E-state index in [1.54, 1.807) is 12.1 Å². The van der Waals surface area contributed by atoms with Crippen molar-refractivity contribution >= 4 is 5.91 Å². The standard InChI is InChI=1S/C12H15FN2O2/c13-10-3-1-2-9(8-10)11(12(14)16)15-4-6-17-7-5-15/h1-3,8,11H,4-7H2,(H2,14,16). The molecule has 1 unspecified atom stereocenters. The summed E-state index contributed by atoms with van der Waals surface area (Å²) in [6.45, 7) is 2.40. The van der Waals surface area contributed by atoms with Crippen molar-refractivity contribution in [1.82, 2.24) is 4.90 Å². The van der Waals surface area contributed by atoms with Gasteiger partial charge in [-0.15, -0.1) is 0 Å². The highest BCUT2D eigenvalue weighted by atomic mass is 19.1. The van der Waals surface area contributed by atoms with E-state index < -0.39 is 11.9 Å². The number of nitrogens with two attached hydrogens (primary N) is 1. The molecule has 0 spiro atoms.